The van der Waals surface area contributed by atoms with E-state index in [0.29, 0.717) is 0 Å². The van der Waals surface area contributed by atoms with Crippen LogP contribution in [0, 0.1) is 11.8 Å². The Hall–Kier alpha value is -0.900. The first-order valence-corrected chi connectivity index (χ1v) is 4.92. The standard InChI is InChI=1S/C10H12O4/c1-9-3-4-10(2,14-9)6-5(9)7(11)13-8(6)12/h5-6H,3-4H2,1-2H3/t5-,6-,9-,10-/m1/s1. The molecule has 3 fully saturated rings. The monoisotopic (exact) mass is 196 g/mol. The van der Waals surface area contributed by atoms with Crippen molar-refractivity contribution in [2.24, 2.45) is 11.8 Å². The van der Waals surface area contributed by atoms with E-state index in [1.54, 1.807) is 0 Å². The third kappa shape index (κ3) is 0.704. The van der Waals surface area contributed by atoms with E-state index in [-0.39, 0.29) is 11.8 Å². The molecule has 14 heavy (non-hydrogen) atoms. The Morgan fingerprint density at radius 2 is 1.50 bits per heavy atom. The fraction of sp³-hybridized carbons (Fsp3) is 0.800. The Bertz CT molecular complexity index is 318. The van der Waals surface area contributed by atoms with Crippen LogP contribution in [0.4, 0.5) is 0 Å². The summed E-state index contributed by atoms with van der Waals surface area (Å²) < 4.78 is 10.5. The van der Waals surface area contributed by atoms with Gasteiger partial charge in [-0.3, -0.25) is 9.59 Å². The maximum atomic E-state index is 11.5. The lowest BCUT2D eigenvalue weighted by Crippen LogP contribution is -2.40. The highest BCUT2D eigenvalue weighted by Gasteiger charge is 2.71. The van der Waals surface area contributed by atoms with Gasteiger partial charge in [0.05, 0.1) is 11.2 Å². The average molecular weight is 196 g/mol. The van der Waals surface area contributed by atoms with E-state index in [2.05, 4.69) is 4.74 Å². The molecule has 3 saturated heterocycles. The Labute approximate surface area is 81.6 Å². The van der Waals surface area contributed by atoms with Gasteiger partial charge in [-0.2, -0.15) is 0 Å². The van der Waals surface area contributed by atoms with Crippen molar-refractivity contribution in [1.82, 2.24) is 0 Å². The summed E-state index contributed by atoms with van der Waals surface area (Å²) in [5.74, 6) is -1.53. The van der Waals surface area contributed by atoms with Gasteiger partial charge in [0.2, 0.25) is 0 Å². The summed E-state index contributed by atoms with van der Waals surface area (Å²) in [6, 6.07) is 0. The molecule has 0 spiro atoms. The molecule has 3 aliphatic heterocycles. The van der Waals surface area contributed by atoms with Gasteiger partial charge in [0.1, 0.15) is 11.8 Å². The smallest absolute Gasteiger partial charge is 0.320 e. The highest BCUT2D eigenvalue weighted by molar-refractivity contribution is 5.98. The van der Waals surface area contributed by atoms with Gasteiger partial charge in [-0.15, -0.1) is 0 Å². The Kier molecular flexibility index (Phi) is 1.22. The summed E-state index contributed by atoms with van der Waals surface area (Å²) in [5, 5.41) is 0. The maximum Gasteiger partial charge on any atom is 0.320 e. The second-order valence-corrected chi connectivity index (χ2v) is 4.92. The zero-order chi connectivity index (χ0) is 10.1. The summed E-state index contributed by atoms with van der Waals surface area (Å²) in [7, 11) is 0. The van der Waals surface area contributed by atoms with Gasteiger partial charge >= 0.3 is 11.9 Å². The largest absolute Gasteiger partial charge is 0.393 e. The number of cyclic esters (lactones) is 2. The van der Waals surface area contributed by atoms with Gasteiger partial charge < -0.3 is 9.47 Å². The summed E-state index contributed by atoms with van der Waals surface area (Å²) in [6.45, 7) is 3.81. The van der Waals surface area contributed by atoms with Crippen molar-refractivity contribution in [3.8, 4) is 0 Å². The van der Waals surface area contributed by atoms with Gasteiger partial charge in [-0.1, -0.05) is 0 Å². The molecular weight excluding hydrogens is 184 g/mol. The van der Waals surface area contributed by atoms with E-state index >= 15 is 0 Å². The number of ether oxygens (including phenoxy) is 2. The first kappa shape index (κ1) is 8.41. The molecule has 2 bridgehead atoms. The number of rotatable bonds is 0. The van der Waals surface area contributed by atoms with Crippen LogP contribution in [0.3, 0.4) is 0 Å². The van der Waals surface area contributed by atoms with Crippen molar-refractivity contribution in [1.29, 1.82) is 0 Å². The van der Waals surface area contributed by atoms with Crippen molar-refractivity contribution in [2.45, 2.75) is 37.9 Å². The zero-order valence-electron chi connectivity index (χ0n) is 8.20. The normalized spacial score (nSPS) is 55.0. The minimum atomic E-state index is -0.470. The second-order valence-electron chi connectivity index (χ2n) is 4.92. The molecule has 0 aromatic carbocycles. The molecule has 4 heteroatoms. The highest BCUT2D eigenvalue weighted by Crippen LogP contribution is 2.59. The van der Waals surface area contributed by atoms with E-state index in [0.717, 1.165) is 12.8 Å². The molecule has 4 atom stereocenters. The maximum absolute atomic E-state index is 11.5. The van der Waals surface area contributed by atoms with Crippen molar-refractivity contribution in [3.63, 3.8) is 0 Å². The molecular formula is C10H12O4. The third-order valence-electron chi connectivity index (χ3n) is 3.94. The van der Waals surface area contributed by atoms with Gasteiger partial charge in [0.15, 0.2) is 0 Å². The number of fused-ring (bicyclic) bond motifs is 5. The van der Waals surface area contributed by atoms with Gasteiger partial charge in [-0.05, 0) is 26.7 Å². The van der Waals surface area contributed by atoms with E-state index in [4.69, 9.17) is 4.74 Å². The van der Waals surface area contributed by atoms with Crippen LogP contribution in [0.5, 0.6) is 0 Å². The Morgan fingerprint density at radius 3 is 1.93 bits per heavy atom. The molecule has 0 aliphatic carbocycles. The molecule has 0 aromatic rings. The minimum absolute atomic E-state index is 0.367. The number of carbonyl (C=O) groups is 2. The Morgan fingerprint density at radius 1 is 1.07 bits per heavy atom. The van der Waals surface area contributed by atoms with Crippen molar-refractivity contribution in [2.75, 3.05) is 0 Å². The van der Waals surface area contributed by atoms with Crippen LogP contribution in [0.25, 0.3) is 0 Å². The summed E-state index contributed by atoms with van der Waals surface area (Å²) >= 11 is 0. The average Bonchev–Trinajstić information content (AvgIpc) is 2.60. The van der Waals surface area contributed by atoms with Gasteiger partial charge in [0.25, 0.3) is 0 Å². The molecule has 3 heterocycles. The van der Waals surface area contributed by atoms with Gasteiger partial charge in [-0.25, -0.2) is 0 Å². The van der Waals surface area contributed by atoms with Crippen LogP contribution < -0.4 is 0 Å². The second kappa shape index (κ2) is 2.03. The van der Waals surface area contributed by atoms with Crippen LogP contribution in [-0.2, 0) is 19.1 Å². The molecule has 0 saturated carbocycles. The predicted octanol–water partition coefficient (Wildman–Crippen LogP) is 0.644. The lowest BCUT2D eigenvalue weighted by molar-refractivity contribution is -0.161. The molecule has 0 amide bonds. The van der Waals surface area contributed by atoms with Crippen LogP contribution in [0.1, 0.15) is 26.7 Å². The zero-order valence-corrected chi connectivity index (χ0v) is 8.20. The molecule has 0 N–H and O–H groups in total. The third-order valence-corrected chi connectivity index (χ3v) is 3.94. The van der Waals surface area contributed by atoms with E-state index in [1.807, 2.05) is 13.8 Å². The quantitative estimate of drug-likeness (QED) is 0.421. The first-order valence-electron chi connectivity index (χ1n) is 4.92. The van der Waals surface area contributed by atoms with Crippen molar-refractivity contribution >= 4 is 11.9 Å². The van der Waals surface area contributed by atoms with Crippen LogP contribution in [0.15, 0.2) is 0 Å². The molecule has 3 aliphatic rings. The Balaban J connectivity index is 2.13. The van der Waals surface area contributed by atoms with E-state index in [1.165, 1.54) is 0 Å². The number of hydrogen-bond donors (Lipinski definition) is 0. The van der Waals surface area contributed by atoms with Crippen molar-refractivity contribution in [3.05, 3.63) is 0 Å². The van der Waals surface area contributed by atoms with Gasteiger partial charge in [0, 0.05) is 0 Å². The van der Waals surface area contributed by atoms with Crippen LogP contribution in [-0.4, -0.2) is 23.1 Å². The highest BCUT2D eigenvalue weighted by atomic mass is 16.6. The van der Waals surface area contributed by atoms with Crippen LogP contribution in [0.2, 0.25) is 0 Å². The molecule has 0 unspecified atom stereocenters. The molecule has 0 aromatic heterocycles. The lowest BCUT2D eigenvalue weighted by atomic mass is 9.69. The van der Waals surface area contributed by atoms with E-state index < -0.39 is 23.1 Å². The fourth-order valence-corrected chi connectivity index (χ4v) is 3.27. The molecule has 0 radical (unpaired) electrons. The summed E-state index contributed by atoms with van der Waals surface area (Å²) in [4.78, 5) is 23.0. The van der Waals surface area contributed by atoms with Crippen molar-refractivity contribution < 1.29 is 19.1 Å². The summed E-state index contributed by atoms with van der Waals surface area (Å²) in [5.41, 5.74) is -0.939. The lowest BCUT2D eigenvalue weighted by Gasteiger charge is -2.25. The minimum Gasteiger partial charge on any atom is -0.393 e. The molecule has 3 rings (SSSR count). The van der Waals surface area contributed by atoms with E-state index in [9.17, 15) is 9.59 Å². The molecule has 76 valence electrons. The SMILES string of the molecule is C[C@]12CC[C@@](C)(O1)[C@H]1C(=O)OC(=O)[C@@H]12. The first-order chi connectivity index (χ1) is 6.46. The van der Waals surface area contributed by atoms with Crippen LogP contribution >= 0.6 is 0 Å². The topological polar surface area (TPSA) is 52.6 Å². The molecule has 4 nitrogen and oxygen atoms in total. The number of carbonyl (C=O) groups excluding carboxylic acids is 2. The number of esters is 2. The summed E-state index contributed by atoms with van der Waals surface area (Å²) in [6.07, 6.45) is 1.68. The predicted molar refractivity (Wildman–Crippen MR) is 45.2 cm³/mol. The number of hydrogen-bond acceptors (Lipinski definition) is 4. The fourth-order valence-electron chi connectivity index (χ4n) is 3.27.